The van der Waals surface area contributed by atoms with Crippen molar-refractivity contribution in [2.75, 3.05) is 0 Å². The highest BCUT2D eigenvalue weighted by molar-refractivity contribution is 7.15. The van der Waals surface area contributed by atoms with E-state index in [1.54, 1.807) is 0 Å². The fourth-order valence-electron chi connectivity index (χ4n) is 2.74. The predicted octanol–water partition coefficient (Wildman–Crippen LogP) is 4.47. The summed E-state index contributed by atoms with van der Waals surface area (Å²) in [6, 6.07) is 18.7. The van der Waals surface area contributed by atoms with Crippen molar-refractivity contribution in [3.63, 3.8) is 0 Å². The average Bonchev–Trinajstić information content (AvgIpc) is 3.17. The second-order valence-electron chi connectivity index (χ2n) is 5.38. The average molecular weight is 318 g/mol. The Labute approximate surface area is 137 Å². The van der Waals surface area contributed by atoms with E-state index in [1.807, 2.05) is 34.2 Å². The molecule has 4 heteroatoms. The number of aldehydes is 1. The summed E-state index contributed by atoms with van der Waals surface area (Å²) in [5.41, 5.74) is 4.86. The quantitative estimate of drug-likeness (QED) is 0.520. The Morgan fingerprint density at radius 3 is 2.48 bits per heavy atom. The summed E-state index contributed by atoms with van der Waals surface area (Å²) in [6.45, 7) is 0. The first-order valence-corrected chi connectivity index (χ1v) is 8.27. The molecule has 0 N–H and O–H groups in total. The lowest BCUT2D eigenvalue weighted by Crippen LogP contribution is -1.91. The van der Waals surface area contributed by atoms with Crippen LogP contribution >= 0.6 is 11.3 Å². The lowest BCUT2D eigenvalue weighted by atomic mass is 10.0. The molecule has 23 heavy (non-hydrogen) atoms. The van der Waals surface area contributed by atoms with Gasteiger partial charge in [-0.2, -0.15) is 0 Å². The van der Waals surface area contributed by atoms with Crippen molar-refractivity contribution in [3.8, 4) is 11.3 Å². The van der Waals surface area contributed by atoms with Gasteiger partial charge >= 0.3 is 0 Å². The highest BCUT2D eigenvalue weighted by Gasteiger charge is 2.14. The molecular formula is C19H14N2OS. The normalized spacial score (nSPS) is 11.0. The molecule has 3 nitrogen and oxygen atoms in total. The number of imidazole rings is 1. The lowest BCUT2D eigenvalue weighted by Gasteiger charge is -2.04. The first-order valence-electron chi connectivity index (χ1n) is 7.39. The number of hydrogen-bond donors (Lipinski definition) is 0. The molecule has 0 spiro atoms. The smallest absolute Gasteiger partial charge is 0.194 e. The number of hydrogen-bond acceptors (Lipinski definition) is 3. The van der Waals surface area contributed by atoms with E-state index in [9.17, 15) is 4.79 Å². The van der Waals surface area contributed by atoms with Gasteiger partial charge in [0.2, 0.25) is 0 Å². The molecule has 112 valence electrons. The number of thiazole rings is 1. The highest BCUT2D eigenvalue weighted by atomic mass is 32.1. The van der Waals surface area contributed by atoms with E-state index in [0.717, 1.165) is 28.9 Å². The molecule has 0 aliphatic rings. The van der Waals surface area contributed by atoms with Crippen LogP contribution in [0.25, 0.3) is 16.2 Å². The molecule has 4 rings (SSSR count). The molecule has 0 radical (unpaired) electrons. The van der Waals surface area contributed by atoms with Crippen LogP contribution < -0.4 is 0 Å². The van der Waals surface area contributed by atoms with Gasteiger partial charge in [0, 0.05) is 17.1 Å². The second-order valence-corrected chi connectivity index (χ2v) is 6.25. The Bertz CT molecular complexity index is 952. The fraction of sp³-hybridized carbons (Fsp3) is 0.0526. The van der Waals surface area contributed by atoms with Gasteiger partial charge < -0.3 is 0 Å². The third-order valence-corrected chi connectivity index (χ3v) is 4.65. The Balaban J connectivity index is 1.67. The number of nitrogens with zero attached hydrogens (tertiary/aromatic N) is 2. The summed E-state index contributed by atoms with van der Waals surface area (Å²) in [7, 11) is 0. The van der Waals surface area contributed by atoms with Gasteiger partial charge in [-0.25, -0.2) is 4.98 Å². The van der Waals surface area contributed by atoms with Crippen molar-refractivity contribution in [1.82, 2.24) is 9.38 Å². The third kappa shape index (κ3) is 2.58. The van der Waals surface area contributed by atoms with Crippen LogP contribution in [0.4, 0.5) is 0 Å². The van der Waals surface area contributed by atoms with Gasteiger partial charge in [0.15, 0.2) is 11.2 Å². The maximum absolute atomic E-state index is 11.4. The van der Waals surface area contributed by atoms with Gasteiger partial charge in [0.1, 0.15) is 11.4 Å². The zero-order valence-corrected chi connectivity index (χ0v) is 13.2. The molecule has 2 aromatic heterocycles. The van der Waals surface area contributed by atoms with Crippen LogP contribution in [0.5, 0.6) is 0 Å². The van der Waals surface area contributed by atoms with Crippen molar-refractivity contribution in [2.24, 2.45) is 0 Å². The van der Waals surface area contributed by atoms with E-state index in [2.05, 4.69) is 41.4 Å². The minimum absolute atomic E-state index is 0.608. The van der Waals surface area contributed by atoms with Gasteiger partial charge in [0.25, 0.3) is 0 Å². The minimum atomic E-state index is 0.608. The predicted molar refractivity (Wildman–Crippen MR) is 93.1 cm³/mol. The van der Waals surface area contributed by atoms with Crippen LogP contribution in [-0.4, -0.2) is 15.7 Å². The van der Waals surface area contributed by atoms with Gasteiger partial charge in [-0.3, -0.25) is 9.20 Å². The Morgan fingerprint density at radius 1 is 1.00 bits per heavy atom. The van der Waals surface area contributed by atoms with E-state index in [4.69, 9.17) is 0 Å². The highest BCUT2D eigenvalue weighted by Crippen LogP contribution is 2.26. The number of fused-ring (bicyclic) bond motifs is 1. The zero-order chi connectivity index (χ0) is 15.6. The van der Waals surface area contributed by atoms with Crippen molar-refractivity contribution >= 4 is 22.6 Å². The summed E-state index contributed by atoms with van der Waals surface area (Å²) in [5.74, 6) is 0. The van der Waals surface area contributed by atoms with Crippen molar-refractivity contribution in [2.45, 2.75) is 6.42 Å². The van der Waals surface area contributed by atoms with E-state index >= 15 is 0 Å². The largest absolute Gasteiger partial charge is 0.296 e. The fourth-order valence-corrected chi connectivity index (χ4v) is 3.46. The Morgan fingerprint density at radius 2 is 1.74 bits per heavy atom. The second kappa shape index (κ2) is 5.82. The molecule has 0 saturated heterocycles. The van der Waals surface area contributed by atoms with Crippen LogP contribution in [0.2, 0.25) is 0 Å². The Kier molecular flexibility index (Phi) is 3.52. The summed E-state index contributed by atoms with van der Waals surface area (Å²) >= 11 is 1.53. The summed E-state index contributed by atoms with van der Waals surface area (Å²) in [6.07, 6.45) is 3.66. The first-order chi connectivity index (χ1) is 11.3. The van der Waals surface area contributed by atoms with Crippen LogP contribution in [-0.2, 0) is 6.42 Å². The summed E-state index contributed by atoms with van der Waals surface area (Å²) < 4.78 is 1.84. The molecule has 0 aliphatic carbocycles. The van der Waals surface area contributed by atoms with Gasteiger partial charge in [-0.1, -0.05) is 54.6 Å². The number of aromatic nitrogens is 2. The SMILES string of the molecule is O=Cc1c(-c2ccc(Cc3ccccc3)cc2)nc2sccn12. The first kappa shape index (κ1) is 13.9. The monoisotopic (exact) mass is 318 g/mol. The molecule has 4 aromatic rings. The summed E-state index contributed by atoms with van der Waals surface area (Å²) in [4.78, 5) is 16.8. The Hall–Kier alpha value is -2.72. The molecule has 0 bridgehead atoms. The molecule has 0 aliphatic heterocycles. The summed E-state index contributed by atoms with van der Waals surface area (Å²) in [5, 5.41) is 1.93. The molecule has 0 amide bonds. The topological polar surface area (TPSA) is 34.4 Å². The van der Waals surface area contributed by atoms with Crippen LogP contribution in [0.1, 0.15) is 21.6 Å². The van der Waals surface area contributed by atoms with Gasteiger partial charge in [-0.15, -0.1) is 11.3 Å². The lowest BCUT2D eigenvalue weighted by molar-refractivity contribution is 0.111. The van der Waals surface area contributed by atoms with E-state index < -0.39 is 0 Å². The molecular weight excluding hydrogens is 304 g/mol. The molecule has 0 saturated carbocycles. The number of carbonyl (C=O) groups is 1. The maximum Gasteiger partial charge on any atom is 0.194 e. The molecule has 2 aromatic carbocycles. The standard InChI is InChI=1S/C19H14N2OS/c22-13-17-18(20-19-21(17)10-11-23-19)16-8-6-15(7-9-16)12-14-4-2-1-3-5-14/h1-11,13H,12H2. The minimum Gasteiger partial charge on any atom is -0.296 e. The van der Waals surface area contributed by atoms with Crippen LogP contribution in [0, 0.1) is 0 Å². The number of carbonyl (C=O) groups excluding carboxylic acids is 1. The van der Waals surface area contributed by atoms with Crippen molar-refractivity contribution in [3.05, 3.63) is 83.0 Å². The third-order valence-electron chi connectivity index (χ3n) is 3.89. The van der Waals surface area contributed by atoms with Gasteiger partial charge in [0.05, 0.1) is 0 Å². The number of benzene rings is 2. The molecule has 0 fully saturated rings. The van der Waals surface area contributed by atoms with Crippen LogP contribution in [0.15, 0.2) is 66.2 Å². The maximum atomic E-state index is 11.4. The van der Waals surface area contributed by atoms with Crippen molar-refractivity contribution in [1.29, 1.82) is 0 Å². The molecule has 2 heterocycles. The van der Waals surface area contributed by atoms with E-state index in [1.165, 1.54) is 22.5 Å². The van der Waals surface area contributed by atoms with Crippen LogP contribution in [0.3, 0.4) is 0 Å². The van der Waals surface area contributed by atoms with Gasteiger partial charge in [-0.05, 0) is 17.5 Å². The number of rotatable bonds is 4. The van der Waals surface area contributed by atoms with E-state index in [0.29, 0.717) is 5.69 Å². The molecule has 0 atom stereocenters. The van der Waals surface area contributed by atoms with E-state index in [-0.39, 0.29) is 0 Å². The molecule has 0 unspecified atom stereocenters. The zero-order valence-electron chi connectivity index (χ0n) is 12.3. The van der Waals surface area contributed by atoms with Crippen molar-refractivity contribution < 1.29 is 4.79 Å².